The van der Waals surface area contributed by atoms with Gasteiger partial charge in [0.15, 0.2) is 0 Å². The van der Waals surface area contributed by atoms with Crippen molar-refractivity contribution in [3.63, 3.8) is 0 Å². The molecule has 0 bridgehead atoms. The second-order valence-corrected chi connectivity index (χ2v) is 2.79. The van der Waals surface area contributed by atoms with Crippen LogP contribution in [0.3, 0.4) is 0 Å². The van der Waals surface area contributed by atoms with Crippen LogP contribution in [0.5, 0.6) is 5.88 Å². The van der Waals surface area contributed by atoms with Gasteiger partial charge in [-0.25, -0.2) is 4.98 Å². The zero-order valence-electron chi connectivity index (χ0n) is 8.21. The van der Waals surface area contributed by atoms with Crippen molar-refractivity contribution < 1.29 is 4.74 Å². The van der Waals surface area contributed by atoms with Crippen LogP contribution in [-0.2, 0) is 6.42 Å². The minimum atomic E-state index is 0.669. The van der Waals surface area contributed by atoms with E-state index in [9.17, 15) is 0 Å². The van der Waals surface area contributed by atoms with Crippen molar-refractivity contribution in [1.29, 1.82) is 0 Å². The van der Waals surface area contributed by atoms with Crippen molar-refractivity contribution in [2.45, 2.75) is 13.3 Å². The third-order valence-corrected chi connectivity index (χ3v) is 1.76. The minimum absolute atomic E-state index is 0.669. The number of rotatable bonds is 5. The van der Waals surface area contributed by atoms with Crippen LogP contribution in [-0.4, -0.2) is 25.2 Å². The molecule has 0 atom stereocenters. The number of aromatic nitrogens is 1. The summed E-state index contributed by atoms with van der Waals surface area (Å²) in [6.07, 6.45) is 2.80. The molecule has 0 saturated carbocycles. The highest BCUT2D eigenvalue weighted by atomic mass is 16.5. The number of nitrogens with one attached hydrogen (secondary N) is 1. The Bertz CT molecular complexity index is 250. The first-order valence-corrected chi connectivity index (χ1v) is 4.59. The summed E-state index contributed by atoms with van der Waals surface area (Å²) in [4.78, 5) is 4.09. The smallest absolute Gasteiger partial charge is 0.213 e. The molecule has 3 nitrogen and oxygen atoms in total. The first-order chi connectivity index (χ1) is 6.36. The highest BCUT2D eigenvalue weighted by Crippen LogP contribution is 2.09. The van der Waals surface area contributed by atoms with Gasteiger partial charge in [-0.1, -0.05) is 0 Å². The normalized spacial score (nSPS) is 10.0. The Morgan fingerprint density at radius 3 is 3.08 bits per heavy atom. The molecular formula is C10H16N2O. The van der Waals surface area contributed by atoms with Crippen molar-refractivity contribution >= 4 is 0 Å². The van der Waals surface area contributed by atoms with Crippen molar-refractivity contribution in [2.24, 2.45) is 0 Å². The van der Waals surface area contributed by atoms with E-state index in [1.165, 1.54) is 5.56 Å². The molecule has 3 heteroatoms. The maximum atomic E-state index is 5.29. The van der Waals surface area contributed by atoms with E-state index in [0.717, 1.165) is 18.8 Å². The molecule has 0 unspecified atom stereocenters. The summed E-state index contributed by atoms with van der Waals surface area (Å²) in [6.45, 7) is 3.61. The van der Waals surface area contributed by atoms with Gasteiger partial charge in [0, 0.05) is 12.3 Å². The van der Waals surface area contributed by atoms with Crippen molar-refractivity contribution in [2.75, 3.05) is 20.2 Å². The number of likely N-dealkylation sites (N-methyl/N-ethyl adjacent to an activating group) is 1. The third kappa shape index (κ3) is 3.42. The number of hydrogen-bond donors (Lipinski definition) is 1. The molecule has 0 amide bonds. The first-order valence-electron chi connectivity index (χ1n) is 4.59. The van der Waals surface area contributed by atoms with Gasteiger partial charge >= 0.3 is 0 Å². The number of pyridine rings is 1. The molecule has 1 heterocycles. The molecule has 0 saturated heterocycles. The van der Waals surface area contributed by atoms with Crippen LogP contribution in [0.25, 0.3) is 0 Å². The molecule has 13 heavy (non-hydrogen) atoms. The van der Waals surface area contributed by atoms with E-state index in [4.69, 9.17) is 4.74 Å². The van der Waals surface area contributed by atoms with Crippen LogP contribution >= 0.6 is 0 Å². The summed E-state index contributed by atoms with van der Waals surface area (Å²) < 4.78 is 5.29. The zero-order chi connectivity index (χ0) is 9.52. The van der Waals surface area contributed by atoms with E-state index < -0.39 is 0 Å². The van der Waals surface area contributed by atoms with E-state index in [1.807, 2.05) is 26.1 Å². The van der Waals surface area contributed by atoms with Crippen LogP contribution < -0.4 is 10.1 Å². The SMILES string of the molecule is CCOc1cc(CCNC)ccn1. The van der Waals surface area contributed by atoms with Crippen LogP contribution in [0.1, 0.15) is 12.5 Å². The van der Waals surface area contributed by atoms with E-state index in [1.54, 1.807) is 6.20 Å². The monoisotopic (exact) mass is 180 g/mol. The number of ether oxygens (including phenoxy) is 1. The summed E-state index contributed by atoms with van der Waals surface area (Å²) in [5.41, 5.74) is 1.26. The molecule has 1 aromatic heterocycles. The van der Waals surface area contributed by atoms with E-state index in [0.29, 0.717) is 6.61 Å². The van der Waals surface area contributed by atoms with E-state index >= 15 is 0 Å². The third-order valence-electron chi connectivity index (χ3n) is 1.76. The summed E-state index contributed by atoms with van der Waals surface area (Å²) in [5.74, 6) is 0.719. The summed E-state index contributed by atoms with van der Waals surface area (Å²) >= 11 is 0. The molecule has 0 aromatic carbocycles. The highest BCUT2D eigenvalue weighted by molar-refractivity contribution is 5.20. The molecule has 0 aliphatic carbocycles. The van der Waals surface area contributed by atoms with Crippen molar-refractivity contribution in [3.8, 4) is 5.88 Å². The van der Waals surface area contributed by atoms with Gasteiger partial charge in [-0.3, -0.25) is 0 Å². The van der Waals surface area contributed by atoms with Crippen LogP contribution in [0.15, 0.2) is 18.3 Å². The standard InChI is InChI=1S/C10H16N2O/c1-3-13-10-8-9(4-6-11-2)5-7-12-10/h5,7-8,11H,3-4,6H2,1-2H3. The van der Waals surface area contributed by atoms with E-state index in [2.05, 4.69) is 10.3 Å². The zero-order valence-corrected chi connectivity index (χ0v) is 8.21. The fraction of sp³-hybridized carbons (Fsp3) is 0.500. The van der Waals surface area contributed by atoms with Gasteiger partial charge in [-0.05, 0) is 38.6 Å². The minimum Gasteiger partial charge on any atom is -0.478 e. The topological polar surface area (TPSA) is 34.1 Å². The fourth-order valence-corrected chi connectivity index (χ4v) is 1.10. The average Bonchev–Trinajstić information content (AvgIpc) is 2.16. The molecule has 1 aromatic rings. The first kappa shape index (κ1) is 9.99. The Balaban J connectivity index is 2.56. The van der Waals surface area contributed by atoms with Crippen molar-refractivity contribution in [3.05, 3.63) is 23.9 Å². The Morgan fingerprint density at radius 2 is 2.38 bits per heavy atom. The lowest BCUT2D eigenvalue weighted by molar-refractivity contribution is 0.326. The highest BCUT2D eigenvalue weighted by Gasteiger charge is 1.96. The largest absolute Gasteiger partial charge is 0.478 e. The van der Waals surface area contributed by atoms with Crippen molar-refractivity contribution in [1.82, 2.24) is 10.3 Å². The maximum Gasteiger partial charge on any atom is 0.213 e. The Kier molecular flexibility index (Phi) is 4.26. The molecule has 0 aliphatic rings. The predicted molar refractivity (Wildman–Crippen MR) is 53.0 cm³/mol. The lowest BCUT2D eigenvalue weighted by Gasteiger charge is -2.04. The Morgan fingerprint density at radius 1 is 1.54 bits per heavy atom. The number of hydrogen-bond acceptors (Lipinski definition) is 3. The van der Waals surface area contributed by atoms with E-state index in [-0.39, 0.29) is 0 Å². The quantitative estimate of drug-likeness (QED) is 0.740. The summed E-state index contributed by atoms with van der Waals surface area (Å²) in [5, 5.41) is 3.11. The molecule has 0 radical (unpaired) electrons. The second kappa shape index (κ2) is 5.54. The van der Waals surface area contributed by atoms with Gasteiger partial charge in [0.05, 0.1) is 6.61 Å². The number of nitrogens with zero attached hydrogens (tertiary/aromatic N) is 1. The predicted octanol–water partition coefficient (Wildman–Crippen LogP) is 1.24. The lowest BCUT2D eigenvalue weighted by atomic mass is 10.2. The molecule has 0 fully saturated rings. The summed E-state index contributed by atoms with van der Waals surface area (Å²) in [6, 6.07) is 4.00. The van der Waals surface area contributed by atoms with Gasteiger partial charge in [0.2, 0.25) is 5.88 Å². The lowest BCUT2D eigenvalue weighted by Crippen LogP contribution is -2.10. The Hall–Kier alpha value is -1.09. The van der Waals surface area contributed by atoms with Crippen LogP contribution in [0, 0.1) is 0 Å². The van der Waals surface area contributed by atoms with Gasteiger partial charge in [-0.15, -0.1) is 0 Å². The molecule has 1 N–H and O–H groups in total. The molecule has 72 valence electrons. The molecule has 0 aliphatic heterocycles. The molecule has 1 rings (SSSR count). The maximum absolute atomic E-state index is 5.29. The second-order valence-electron chi connectivity index (χ2n) is 2.79. The van der Waals surface area contributed by atoms with Gasteiger partial charge < -0.3 is 10.1 Å². The van der Waals surface area contributed by atoms with Gasteiger partial charge in [-0.2, -0.15) is 0 Å². The summed E-state index contributed by atoms with van der Waals surface area (Å²) in [7, 11) is 1.95. The molecule has 0 spiro atoms. The van der Waals surface area contributed by atoms with Gasteiger partial charge in [0.1, 0.15) is 0 Å². The van der Waals surface area contributed by atoms with Crippen LogP contribution in [0.4, 0.5) is 0 Å². The van der Waals surface area contributed by atoms with Crippen LogP contribution in [0.2, 0.25) is 0 Å². The van der Waals surface area contributed by atoms with Gasteiger partial charge in [0.25, 0.3) is 0 Å². The fourth-order valence-electron chi connectivity index (χ4n) is 1.10. The molecular weight excluding hydrogens is 164 g/mol. The Labute approximate surface area is 79.1 Å². The average molecular weight is 180 g/mol.